The van der Waals surface area contributed by atoms with Crippen molar-refractivity contribution in [2.45, 2.75) is 6.10 Å². The third-order valence-corrected chi connectivity index (χ3v) is 4.65. The van der Waals surface area contributed by atoms with Gasteiger partial charge in [0.1, 0.15) is 6.61 Å². The third kappa shape index (κ3) is 3.58. The molecule has 0 fully saturated rings. The normalized spacial score (nSPS) is 15.2. The maximum absolute atomic E-state index is 12.4. The van der Waals surface area contributed by atoms with E-state index in [1.165, 1.54) is 23.5 Å². The first-order valence-corrected chi connectivity index (χ1v) is 8.88. The van der Waals surface area contributed by atoms with Crippen molar-refractivity contribution in [2.75, 3.05) is 11.9 Å². The summed E-state index contributed by atoms with van der Waals surface area (Å²) in [6, 6.07) is 13.3. The maximum Gasteiger partial charge on any atom is 0.270 e. The Morgan fingerprint density at radius 2 is 2.04 bits per heavy atom. The van der Waals surface area contributed by atoms with Gasteiger partial charge in [-0.3, -0.25) is 20.2 Å². The van der Waals surface area contributed by atoms with Gasteiger partial charge >= 0.3 is 0 Å². The number of ether oxygens (including phenoxy) is 2. The lowest BCUT2D eigenvalue weighted by Crippen LogP contribution is -2.40. The van der Waals surface area contributed by atoms with Crippen molar-refractivity contribution >= 4 is 28.1 Å². The molecule has 0 saturated carbocycles. The topological polar surface area (TPSA) is 104 Å². The first kappa shape index (κ1) is 17.0. The number of nitro benzene ring substituents is 1. The number of fused-ring (bicyclic) bond motifs is 1. The molecule has 0 bridgehead atoms. The van der Waals surface area contributed by atoms with E-state index in [1.807, 2.05) is 6.07 Å². The summed E-state index contributed by atoms with van der Waals surface area (Å²) in [5.74, 6) is 0.744. The van der Waals surface area contributed by atoms with Crippen molar-refractivity contribution in [3.05, 3.63) is 64.0 Å². The lowest BCUT2D eigenvalue weighted by molar-refractivity contribution is -0.384. The van der Waals surface area contributed by atoms with Gasteiger partial charge in [-0.15, -0.1) is 11.3 Å². The van der Waals surface area contributed by atoms with Crippen LogP contribution in [0.3, 0.4) is 0 Å². The molecule has 1 aromatic heterocycles. The van der Waals surface area contributed by atoms with Gasteiger partial charge < -0.3 is 9.47 Å². The first-order chi connectivity index (χ1) is 13.1. The highest BCUT2D eigenvalue weighted by Gasteiger charge is 2.28. The Morgan fingerprint density at radius 3 is 2.85 bits per heavy atom. The third-order valence-electron chi connectivity index (χ3n) is 3.89. The lowest BCUT2D eigenvalue weighted by Gasteiger charge is -2.25. The van der Waals surface area contributed by atoms with E-state index in [2.05, 4.69) is 10.3 Å². The van der Waals surface area contributed by atoms with E-state index < -0.39 is 11.0 Å². The van der Waals surface area contributed by atoms with Crippen LogP contribution in [0, 0.1) is 10.1 Å². The molecular weight excluding hydrogens is 370 g/mol. The monoisotopic (exact) mass is 383 g/mol. The molecular formula is C18H13N3O5S. The van der Waals surface area contributed by atoms with Gasteiger partial charge in [-0.1, -0.05) is 24.3 Å². The zero-order valence-corrected chi connectivity index (χ0v) is 14.6. The number of carbonyl (C=O) groups is 1. The van der Waals surface area contributed by atoms with Gasteiger partial charge in [0.25, 0.3) is 11.6 Å². The van der Waals surface area contributed by atoms with Crippen LogP contribution < -0.4 is 14.8 Å². The Hall–Kier alpha value is -3.46. The zero-order valence-electron chi connectivity index (χ0n) is 13.8. The fourth-order valence-corrected chi connectivity index (χ4v) is 3.30. The van der Waals surface area contributed by atoms with Crippen LogP contribution in [0.25, 0.3) is 11.3 Å². The number of thiazole rings is 1. The van der Waals surface area contributed by atoms with Crippen molar-refractivity contribution in [2.24, 2.45) is 0 Å². The molecule has 0 saturated heterocycles. The second-order valence-corrected chi connectivity index (χ2v) is 6.56. The molecule has 1 amide bonds. The zero-order chi connectivity index (χ0) is 18.8. The van der Waals surface area contributed by atoms with Gasteiger partial charge in [0.05, 0.1) is 10.6 Å². The summed E-state index contributed by atoms with van der Waals surface area (Å²) in [6.07, 6.45) is -0.787. The quantitative estimate of drug-likeness (QED) is 0.546. The number of nitro groups is 1. The molecule has 136 valence electrons. The molecule has 4 rings (SSSR count). The van der Waals surface area contributed by atoms with Crippen LogP contribution >= 0.6 is 11.3 Å². The molecule has 0 spiro atoms. The van der Waals surface area contributed by atoms with Crippen molar-refractivity contribution in [1.29, 1.82) is 0 Å². The van der Waals surface area contributed by atoms with E-state index >= 15 is 0 Å². The van der Waals surface area contributed by atoms with Crippen LogP contribution in [0.2, 0.25) is 0 Å². The number of anilines is 1. The molecule has 27 heavy (non-hydrogen) atoms. The summed E-state index contributed by atoms with van der Waals surface area (Å²) in [5.41, 5.74) is 1.13. The van der Waals surface area contributed by atoms with Crippen molar-refractivity contribution in [3.63, 3.8) is 0 Å². The van der Waals surface area contributed by atoms with Crippen LogP contribution in [-0.2, 0) is 4.79 Å². The molecule has 0 radical (unpaired) electrons. The highest BCUT2D eigenvalue weighted by Crippen LogP contribution is 2.32. The Morgan fingerprint density at radius 1 is 1.22 bits per heavy atom. The molecule has 1 aliphatic rings. The fourth-order valence-electron chi connectivity index (χ4n) is 2.58. The first-order valence-electron chi connectivity index (χ1n) is 8.00. The van der Waals surface area contributed by atoms with E-state index in [1.54, 1.807) is 35.7 Å². The van der Waals surface area contributed by atoms with Crippen LogP contribution in [0.4, 0.5) is 10.8 Å². The van der Waals surface area contributed by atoms with Crippen LogP contribution in [-0.4, -0.2) is 28.5 Å². The number of amides is 1. The number of non-ortho nitro benzene ring substituents is 1. The van der Waals surface area contributed by atoms with Gasteiger partial charge in [-0.25, -0.2) is 4.98 Å². The van der Waals surface area contributed by atoms with Gasteiger partial charge in [-0.05, 0) is 12.1 Å². The molecule has 3 aromatic rings. The fraction of sp³-hybridized carbons (Fsp3) is 0.111. The van der Waals surface area contributed by atoms with Gasteiger partial charge in [0.15, 0.2) is 16.6 Å². The number of carbonyl (C=O) groups excluding carboxylic acids is 1. The number of aromatic nitrogens is 1. The molecule has 0 aliphatic carbocycles. The number of rotatable bonds is 4. The second-order valence-electron chi connectivity index (χ2n) is 5.70. The number of nitrogens with one attached hydrogen (secondary N) is 1. The highest BCUT2D eigenvalue weighted by atomic mass is 32.1. The summed E-state index contributed by atoms with van der Waals surface area (Å²) in [7, 11) is 0. The highest BCUT2D eigenvalue weighted by molar-refractivity contribution is 7.14. The summed E-state index contributed by atoms with van der Waals surface area (Å²) in [5, 5.41) is 15.7. The van der Waals surface area contributed by atoms with Gasteiger partial charge in [-0.2, -0.15) is 0 Å². The smallest absolute Gasteiger partial charge is 0.270 e. The Bertz CT molecular complexity index is 1020. The van der Waals surface area contributed by atoms with E-state index in [0.29, 0.717) is 27.9 Å². The van der Waals surface area contributed by atoms with Crippen LogP contribution in [0.5, 0.6) is 11.5 Å². The average molecular weight is 383 g/mol. The van der Waals surface area contributed by atoms with Gasteiger partial charge in [0, 0.05) is 23.1 Å². The lowest BCUT2D eigenvalue weighted by atomic mass is 10.1. The predicted molar refractivity (Wildman–Crippen MR) is 99.2 cm³/mol. The minimum atomic E-state index is -0.787. The van der Waals surface area contributed by atoms with Crippen molar-refractivity contribution < 1.29 is 19.2 Å². The summed E-state index contributed by atoms with van der Waals surface area (Å²) in [6.45, 7) is 0.103. The van der Waals surface area contributed by atoms with E-state index in [4.69, 9.17) is 9.47 Å². The van der Waals surface area contributed by atoms with E-state index in [9.17, 15) is 14.9 Å². The summed E-state index contributed by atoms with van der Waals surface area (Å²) < 4.78 is 11.2. The SMILES string of the molecule is O=C(Nc1nc(-c2cccc([N+](=O)[O-])c2)cs1)[C@H]1COc2ccccc2O1. The number of benzene rings is 2. The molecule has 1 N–H and O–H groups in total. The molecule has 1 atom stereocenters. The molecule has 0 unspecified atom stereocenters. The molecule has 8 nitrogen and oxygen atoms in total. The molecule has 9 heteroatoms. The minimum Gasteiger partial charge on any atom is -0.485 e. The second kappa shape index (κ2) is 7.04. The number of hydrogen-bond donors (Lipinski definition) is 1. The predicted octanol–water partition coefficient (Wildman–Crippen LogP) is 3.50. The molecule has 2 aromatic carbocycles. The number of hydrogen-bond acceptors (Lipinski definition) is 7. The standard InChI is InChI=1S/C18H13N3O5S/c22-17(16-9-25-14-6-1-2-7-15(14)26-16)20-18-19-13(10-27-18)11-4-3-5-12(8-11)21(23)24/h1-8,10,16H,9H2,(H,19,20,22)/t16-/m1/s1. The van der Waals surface area contributed by atoms with E-state index in [0.717, 1.165) is 0 Å². The number of nitrogens with zero attached hydrogens (tertiary/aromatic N) is 2. The molecule has 1 aliphatic heterocycles. The van der Waals surface area contributed by atoms with Crippen molar-refractivity contribution in [1.82, 2.24) is 4.98 Å². The average Bonchev–Trinajstić information content (AvgIpc) is 3.16. The largest absolute Gasteiger partial charge is 0.485 e. The summed E-state index contributed by atoms with van der Waals surface area (Å²) >= 11 is 1.23. The number of para-hydroxylation sites is 2. The minimum absolute atomic E-state index is 0.0162. The molecule has 2 heterocycles. The summed E-state index contributed by atoms with van der Waals surface area (Å²) in [4.78, 5) is 27.2. The Balaban J connectivity index is 1.46. The Labute approximate surface area is 157 Å². The van der Waals surface area contributed by atoms with Crippen LogP contribution in [0.15, 0.2) is 53.9 Å². The van der Waals surface area contributed by atoms with Gasteiger partial charge in [0.2, 0.25) is 6.10 Å². The Kier molecular flexibility index (Phi) is 4.43. The van der Waals surface area contributed by atoms with Crippen molar-refractivity contribution in [3.8, 4) is 22.8 Å². The van der Waals surface area contributed by atoms with E-state index in [-0.39, 0.29) is 18.2 Å². The maximum atomic E-state index is 12.4. The van der Waals surface area contributed by atoms with Crippen LogP contribution in [0.1, 0.15) is 0 Å².